The Morgan fingerprint density at radius 1 is 0.373 bits per heavy atom. The van der Waals surface area contributed by atoms with Crippen molar-refractivity contribution < 1.29 is 53.9 Å². The second kappa shape index (κ2) is 21.6. The van der Waals surface area contributed by atoms with Crippen LogP contribution in [-0.2, 0) is 46.0 Å². The van der Waals surface area contributed by atoms with E-state index in [-0.39, 0.29) is 22.1 Å². The fourth-order valence-corrected chi connectivity index (χ4v) is 12.4. The minimum absolute atomic E-state index is 0.0350. The molecule has 75 heavy (non-hydrogen) atoms. The zero-order valence-electron chi connectivity index (χ0n) is 43.4. The molecule has 12 rings (SSSR count). The summed E-state index contributed by atoms with van der Waals surface area (Å²) >= 11 is 0. The van der Waals surface area contributed by atoms with Crippen LogP contribution in [0.15, 0.2) is 132 Å². The molecule has 12 aromatic carbocycles. The smallest absolute Gasteiger partial charge is 0.297 e. The van der Waals surface area contributed by atoms with Gasteiger partial charge in [-0.1, -0.05) is 139 Å². The molecule has 0 aromatic heterocycles. The second-order valence-electron chi connectivity index (χ2n) is 17.5. The quantitative estimate of drug-likeness (QED) is 0.0598. The molecule has 0 saturated carbocycles. The van der Waals surface area contributed by atoms with Gasteiger partial charge in [0, 0.05) is 44.5 Å². The fraction of sp³-hybridized carbons (Fsp3) is 0.200. The molecular formula is C60H60O12S3. The highest BCUT2D eigenvalue weighted by molar-refractivity contribution is 7.87. The first-order chi connectivity index (χ1) is 35.6. The lowest BCUT2D eigenvalue weighted by atomic mass is 9.89. The third-order valence-corrected chi connectivity index (χ3v) is 15.9. The summed E-state index contributed by atoms with van der Waals surface area (Å²) in [6.45, 7) is 17.8. The summed E-state index contributed by atoms with van der Waals surface area (Å²) < 4.78 is 93.6. The average Bonchev–Trinajstić information content (AvgIpc) is 3.38. The van der Waals surface area contributed by atoms with Crippen molar-refractivity contribution in [2.24, 2.45) is 0 Å². The van der Waals surface area contributed by atoms with Crippen molar-refractivity contribution >= 4 is 127 Å². The van der Waals surface area contributed by atoms with E-state index >= 15 is 0 Å². The van der Waals surface area contributed by atoms with Crippen molar-refractivity contribution in [3.05, 3.63) is 155 Å². The van der Waals surface area contributed by atoms with Crippen molar-refractivity contribution in [3.8, 4) is 17.2 Å². The van der Waals surface area contributed by atoms with Crippen molar-refractivity contribution in [3.63, 3.8) is 0 Å². The SMILES string of the molecule is CC.CC.CC.COS(=O)(=O)c1cc(O)c2ccc3c(CS(=O)(=O)O)cc(C)c4ccc1c2c43.Cc1cc(CS(=O)(=O)O)c2ccc3c(O)cc(O)c4ccc1c2c43.Cc1ccc2ccc3cccc4ccc1c2c34. The van der Waals surface area contributed by atoms with Crippen molar-refractivity contribution in [2.75, 3.05) is 7.11 Å². The van der Waals surface area contributed by atoms with Gasteiger partial charge in [0.2, 0.25) is 0 Å². The van der Waals surface area contributed by atoms with Gasteiger partial charge in [-0.3, -0.25) is 13.3 Å². The van der Waals surface area contributed by atoms with E-state index in [1.54, 1.807) is 61.5 Å². The zero-order valence-corrected chi connectivity index (χ0v) is 45.8. The van der Waals surface area contributed by atoms with Gasteiger partial charge in [0.25, 0.3) is 30.4 Å². The van der Waals surface area contributed by atoms with Gasteiger partial charge in [0.1, 0.15) is 33.6 Å². The van der Waals surface area contributed by atoms with Crippen molar-refractivity contribution in [1.82, 2.24) is 0 Å². The summed E-state index contributed by atoms with van der Waals surface area (Å²) in [5.74, 6) is -1.35. The lowest BCUT2D eigenvalue weighted by molar-refractivity contribution is 0.397. The molecule has 12 nitrogen and oxygen atoms in total. The zero-order chi connectivity index (χ0) is 55.1. The van der Waals surface area contributed by atoms with Gasteiger partial charge in [0.15, 0.2) is 0 Å². The van der Waals surface area contributed by atoms with Gasteiger partial charge in [-0.15, -0.1) is 0 Å². The molecule has 0 amide bonds. The van der Waals surface area contributed by atoms with E-state index in [1.165, 1.54) is 43.9 Å². The highest BCUT2D eigenvalue weighted by atomic mass is 32.2. The Morgan fingerprint density at radius 3 is 1.16 bits per heavy atom. The summed E-state index contributed by atoms with van der Waals surface area (Å²) in [6.07, 6.45) is 0. The first kappa shape index (κ1) is 55.6. The Morgan fingerprint density at radius 2 is 0.707 bits per heavy atom. The minimum atomic E-state index is -4.27. The predicted octanol–water partition coefficient (Wildman–Crippen LogP) is 15.0. The minimum Gasteiger partial charge on any atom is -0.507 e. The van der Waals surface area contributed by atoms with Crippen LogP contribution < -0.4 is 0 Å². The van der Waals surface area contributed by atoms with E-state index in [0.717, 1.165) is 40.5 Å². The normalized spacial score (nSPS) is 11.8. The molecule has 0 radical (unpaired) electrons. The van der Waals surface area contributed by atoms with E-state index in [2.05, 4.69) is 65.7 Å². The average molecular weight is 1070 g/mol. The van der Waals surface area contributed by atoms with E-state index in [9.17, 15) is 49.7 Å². The van der Waals surface area contributed by atoms with Crippen LogP contribution in [0.4, 0.5) is 0 Å². The van der Waals surface area contributed by atoms with Gasteiger partial charge < -0.3 is 15.3 Å². The largest absolute Gasteiger partial charge is 0.507 e. The molecule has 0 unspecified atom stereocenters. The summed E-state index contributed by atoms with van der Waals surface area (Å²) in [6, 6.07) is 39.5. The summed E-state index contributed by atoms with van der Waals surface area (Å²) in [5.41, 5.74) is 3.86. The van der Waals surface area contributed by atoms with Crippen LogP contribution in [0.5, 0.6) is 17.2 Å². The summed E-state index contributed by atoms with van der Waals surface area (Å²) in [7, 11) is -11.5. The molecule has 0 heterocycles. The number of phenols is 3. The first-order valence-electron chi connectivity index (χ1n) is 24.5. The molecule has 0 aliphatic heterocycles. The number of phenolic OH excluding ortho intramolecular Hbond substituents is 3. The molecule has 0 spiro atoms. The van der Waals surface area contributed by atoms with Crippen LogP contribution in [0.1, 0.15) is 69.4 Å². The van der Waals surface area contributed by atoms with Gasteiger partial charge in [-0.2, -0.15) is 25.3 Å². The maximum absolute atomic E-state index is 12.4. The maximum atomic E-state index is 12.4. The summed E-state index contributed by atoms with van der Waals surface area (Å²) in [4.78, 5) is -0.174. The van der Waals surface area contributed by atoms with Crippen LogP contribution in [0.25, 0.3) is 97.0 Å². The molecule has 0 bridgehead atoms. The van der Waals surface area contributed by atoms with E-state index in [0.29, 0.717) is 59.6 Å². The predicted molar refractivity (Wildman–Crippen MR) is 308 cm³/mol. The first-order valence-corrected chi connectivity index (χ1v) is 29.2. The number of hydrogen-bond acceptors (Lipinski definition) is 10. The highest BCUT2D eigenvalue weighted by Gasteiger charge is 2.25. The number of hydrogen-bond donors (Lipinski definition) is 5. The highest BCUT2D eigenvalue weighted by Crippen LogP contribution is 2.46. The lowest BCUT2D eigenvalue weighted by Crippen LogP contribution is -2.05. The molecule has 0 aliphatic rings. The lowest BCUT2D eigenvalue weighted by Gasteiger charge is -2.18. The van der Waals surface area contributed by atoms with Crippen molar-refractivity contribution in [2.45, 2.75) is 78.7 Å². The Labute approximate surface area is 437 Å². The van der Waals surface area contributed by atoms with E-state index in [1.807, 2.05) is 54.5 Å². The Hall–Kier alpha value is -7.11. The summed E-state index contributed by atoms with van der Waals surface area (Å²) in [5, 5.41) is 46.5. The number of rotatable bonds is 6. The van der Waals surface area contributed by atoms with Gasteiger partial charge in [0.05, 0.1) is 7.11 Å². The molecular weight excluding hydrogens is 1010 g/mol. The molecule has 390 valence electrons. The molecule has 0 saturated heterocycles. The Balaban J connectivity index is 0.000000159. The monoisotopic (exact) mass is 1070 g/mol. The van der Waals surface area contributed by atoms with Crippen molar-refractivity contribution in [1.29, 1.82) is 0 Å². The van der Waals surface area contributed by atoms with Crippen LogP contribution in [0.2, 0.25) is 0 Å². The second-order valence-corrected chi connectivity index (χ2v) is 22.1. The fourth-order valence-electron chi connectivity index (χ4n) is 10.2. The van der Waals surface area contributed by atoms with Gasteiger partial charge >= 0.3 is 0 Å². The van der Waals surface area contributed by atoms with Gasteiger partial charge in [-0.25, -0.2) is 0 Å². The van der Waals surface area contributed by atoms with E-state index < -0.39 is 41.9 Å². The molecule has 0 aliphatic carbocycles. The van der Waals surface area contributed by atoms with E-state index in [4.69, 9.17) is 0 Å². The van der Waals surface area contributed by atoms with Crippen LogP contribution in [0.3, 0.4) is 0 Å². The molecule has 0 atom stereocenters. The van der Waals surface area contributed by atoms with Crippen LogP contribution in [0, 0.1) is 20.8 Å². The molecule has 0 fully saturated rings. The Kier molecular flexibility index (Phi) is 16.0. The standard InChI is InChI=1S/C19H16O7S2.C18H14O5S.C17H12.3C2H6/c1-10-7-11(9-27(21,22)23)13-4-5-14-16(20)8-17(28(24,25)26-2)15-6-3-12(10)18(13)19(14)15;1-9-6-10(8-24(21,22)23)12-3-5-14-16(20)7-15(19)13-4-2-11(9)17(12)18(13)14;1-11-5-6-14-8-7-12-3-2-4-13-9-10-15(11)17(14)16(12)13;3*1-2/h3-8,20H,9H2,1-2H3,(H,21,22,23);2-7,19-20H,8H2,1H3,(H,21,22,23);2-10H,1H3;3*1-2H3. The Bertz CT molecular complexity index is 4400. The van der Waals surface area contributed by atoms with Gasteiger partial charge in [-0.05, 0) is 131 Å². The maximum Gasteiger partial charge on any atom is 0.297 e. The topological polar surface area (TPSA) is 213 Å². The number of aromatic hydroxyl groups is 3. The third kappa shape index (κ3) is 10.4. The van der Waals surface area contributed by atoms with Crippen LogP contribution >= 0.6 is 0 Å². The molecule has 15 heteroatoms. The number of aryl methyl sites for hydroxylation is 3. The number of benzene rings is 12. The molecule has 5 N–H and O–H groups in total. The van der Waals surface area contributed by atoms with Crippen LogP contribution in [-0.4, -0.2) is 56.8 Å². The molecule has 12 aromatic rings. The third-order valence-electron chi connectivity index (χ3n) is 13.2.